The molecule has 3 unspecified atom stereocenters. The molecule has 0 aromatic carbocycles. The molecule has 0 radical (unpaired) electrons. The number of hydrogen-bond acceptors (Lipinski definition) is 1. The maximum Gasteiger partial charge on any atom is 0.0113 e. The summed E-state index contributed by atoms with van der Waals surface area (Å²) in [5, 5.41) is 3.61. The third-order valence-electron chi connectivity index (χ3n) is 3.13. The van der Waals surface area contributed by atoms with Crippen LogP contribution in [0.4, 0.5) is 0 Å². The van der Waals surface area contributed by atoms with Crippen LogP contribution in [0, 0.1) is 5.92 Å². The molecule has 1 saturated heterocycles. The molecule has 1 heterocycles. The first-order chi connectivity index (χ1) is 5.79. The monoisotopic (exact) mass is 169 g/mol. The van der Waals surface area contributed by atoms with E-state index in [1.54, 1.807) is 0 Å². The van der Waals surface area contributed by atoms with Crippen LogP contribution in [0.25, 0.3) is 0 Å². The van der Waals surface area contributed by atoms with E-state index in [2.05, 4.69) is 26.1 Å². The van der Waals surface area contributed by atoms with Gasteiger partial charge in [-0.25, -0.2) is 0 Å². The summed E-state index contributed by atoms with van der Waals surface area (Å²) in [5.41, 5.74) is 0. The van der Waals surface area contributed by atoms with E-state index in [1.165, 1.54) is 32.1 Å². The molecule has 0 bridgehead atoms. The van der Waals surface area contributed by atoms with Crippen LogP contribution >= 0.6 is 0 Å². The van der Waals surface area contributed by atoms with E-state index >= 15 is 0 Å². The van der Waals surface area contributed by atoms with E-state index in [9.17, 15) is 0 Å². The van der Waals surface area contributed by atoms with Gasteiger partial charge in [0.1, 0.15) is 0 Å². The predicted octanol–water partition coefficient (Wildman–Crippen LogP) is 2.95. The van der Waals surface area contributed by atoms with E-state index in [0.29, 0.717) is 0 Å². The van der Waals surface area contributed by atoms with Crippen LogP contribution in [0.5, 0.6) is 0 Å². The molecule has 0 spiro atoms. The Bertz CT molecular complexity index is 122. The summed E-state index contributed by atoms with van der Waals surface area (Å²) in [7, 11) is 0. The summed E-state index contributed by atoms with van der Waals surface area (Å²) in [6.45, 7) is 6.89. The van der Waals surface area contributed by atoms with Gasteiger partial charge in [0.05, 0.1) is 0 Å². The van der Waals surface area contributed by atoms with E-state index in [0.717, 1.165) is 18.0 Å². The molecule has 0 amide bonds. The Kier molecular flexibility index (Phi) is 4.07. The summed E-state index contributed by atoms with van der Waals surface area (Å²) >= 11 is 0. The largest absolute Gasteiger partial charge is 0.311 e. The Hall–Kier alpha value is -0.0400. The smallest absolute Gasteiger partial charge is 0.0113 e. The van der Waals surface area contributed by atoms with Crippen LogP contribution in [-0.2, 0) is 0 Å². The molecule has 1 aliphatic rings. The summed E-state index contributed by atoms with van der Waals surface area (Å²) in [4.78, 5) is 0. The van der Waals surface area contributed by atoms with Crippen molar-refractivity contribution in [1.82, 2.24) is 5.32 Å². The predicted molar refractivity (Wildman–Crippen MR) is 54.3 cm³/mol. The summed E-state index contributed by atoms with van der Waals surface area (Å²) in [5.74, 6) is 0.974. The van der Waals surface area contributed by atoms with E-state index in [4.69, 9.17) is 0 Å². The fourth-order valence-corrected chi connectivity index (χ4v) is 2.32. The summed E-state index contributed by atoms with van der Waals surface area (Å²) < 4.78 is 0. The van der Waals surface area contributed by atoms with Gasteiger partial charge < -0.3 is 5.32 Å². The molecule has 12 heavy (non-hydrogen) atoms. The number of hydrogen-bond donors (Lipinski definition) is 1. The highest BCUT2D eigenvalue weighted by Crippen LogP contribution is 2.28. The van der Waals surface area contributed by atoms with Crippen molar-refractivity contribution >= 4 is 0 Å². The van der Waals surface area contributed by atoms with Crippen molar-refractivity contribution in [1.29, 1.82) is 0 Å². The maximum atomic E-state index is 3.61. The van der Waals surface area contributed by atoms with Crippen molar-refractivity contribution in [2.75, 3.05) is 0 Å². The number of nitrogens with one attached hydrogen (secondary N) is 1. The molecule has 1 N–H and O–H groups in total. The highest BCUT2D eigenvalue weighted by Gasteiger charge is 2.35. The second-order valence-electron chi connectivity index (χ2n) is 4.16. The summed E-state index contributed by atoms with van der Waals surface area (Å²) in [6, 6.07) is 1.63. The van der Waals surface area contributed by atoms with Crippen LogP contribution in [0.15, 0.2) is 0 Å². The SMILES string of the molecule is CCCCC1NC(C)C1CCC. The van der Waals surface area contributed by atoms with Crippen molar-refractivity contribution in [2.24, 2.45) is 5.92 Å². The summed E-state index contributed by atoms with van der Waals surface area (Å²) in [6.07, 6.45) is 6.89. The first kappa shape index (κ1) is 10.0. The molecule has 1 fully saturated rings. The molecule has 0 aliphatic carbocycles. The molecule has 3 atom stereocenters. The average molecular weight is 169 g/mol. The quantitative estimate of drug-likeness (QED) is 0.667. The molecule has 1 rings (SSSR count). The van der Waals surface area contributed by atoms with Crippen molar-refractivity contribution in [3.05, 3.63) is 0 Å². The van der Waals surface area contributed by atoms with Gasteiger partial charge in [-0.3, -0.25) is 0 Å². The van der Waals surface area contributed by atoms with Crippen LogP contribution in [0.2, 0.25) is 0 Å². The zero-order valence-corrected chi connectivity index (χ0v) is 8.77. The molecule has 0 aromatic heterocycles. The zero-order chi connectivity index (χ0) is 8.97. The number of rotatable bonds is 5. The molecule has 1 heteroatoms. The molecule has 0 saturated carbocycles. The van der Waals surface area contributed by atoms with Gasteiger partial charge in [-0.15, -0.1) is 0 Å². The van der Waals surface area contributed by atoms with Crippen molar-refractivity contribution in [3.63, 3.8) is 0 Å². The lowest BCUT2D eigenvalue weighted by Crippen LogP contribution is -2.59. The van der Waals surface area contributed by atoms with Crippen LogP contribution < -0.4 is 5.32 Å². The fourth-order valence-electron chi connectivity index (χ4n) is 2.32. The Morgan fingerprint density at radius 3 is 2.33 bits per heavy atom. The van der Waals surface area contributed by atoms with Crippen LogP contribution in [0.3, 0.4) is 0 Å². The molecule has 1 aliphatic heterocycles. The molecular formula is C11H23N. The van der Waals surface area contributed by atoms with Crippen LogP contribution in [0.1, 0.15) is 52.9 Å². The Balaban J connectivity index is 2.18. The van der Waals surface area contributed by atoms with Gasteiger partial charge in [-0.2, -0.15) is 0 Å². The molecule has 0 aromatic rings. The highest BCUT2D eigenvalue weighted by molar-refractivity contribution is 4.94. The van der Waals surface area contributed by atoms with Gasteiger partial charge >= 0.3 is 0 Å². The van der Waals surface area contributed by atoms with Crippen molar-refractivity contribution in [3.8, 4) is 0 Å². The third kappa shape index (κ3) is 2.22. The fraction of sp³-hybridized carbons (Fsp3) is 1.00. The van der Waals surface area contributed by atoms with Gasteiger partial charge in [0.2, 0.25) is 0 Å². The lowest BCUT2D eigenvalue weighted by Gasteiger charge is -2.45. The Labute approximate surface area is 76.9 Å². The minimum Gasteiger partial charge on any atom is -0.311 e. The minimum atomic E-state index is 0.784. The average Bonchev–Trinajstić information content (AvgIpc) is 2.08. The van der Waals surface area contributed by atoms with Crippen LogP contribution in [-0.4, -0.2) is 12.1 Å². The van der Waals surface area contributed by atoms with Gasteiger partial charge in [0.25, 0.3) is 0 Å². The van der Waals surface area contributed by atoms with Crippen molar-refractivity contribution < 1.29 is 0 Å². The standard InChI is InChI=1S/C11H23N/c1-4-6-8-11-10(7-5-2)9(3)12-11/h9-12H,4-8H2,1-3H3. The van der Waals surface area contributed by atoms with Gasteiger partial charge in [-0.05, 0) is 25.7 Å². The van der Waals surface area contributed by atoms with Gasteiger partial charge in [0.15, 0.2) is 0 Å². The Morgan fingerprint density at radius 1 is 1.08 bits per heavy atom. The second-order valence-corrected chi connectivity index (χ2v) is 4.16. The maximum absolute atomic E-state index is 3.61. The van der Waals surface area contributed by atoms with E-state index in [-0.39, 0.29) is 0 Å². The van der Waals surface area contributed by atoms with Crippen molar-refractivity contribution in [2.45, 2.75) is 65.0 Å². The normalized spacial score (nSPS) is 34.8. The van der Waals surface area contributed by atoms with Gasteiger partial charge in [0, 0.05) is 12.1 Å². The zero-order valence-electron chi connectivity index (χ0n) is 8.77. The number of unbranched alkanes of at least 4 members (excludes halogenated alkanes) is 1. The second kappa shape index (κ2) is 4.86. The third-order valence-corrected chi connectivity index (χ3v) is 3.13. The Morgan fingerprint density at radius 2 is 1.83 bits per heavy atom. The lowest BCUT2D eigenvalue weighted by atomic mass is 9.78. The first-order valence-corrected chi connectivity index (χ1v) is 5.55. The van der Waals surface area contributed by atoms with E-state index in [1.807, 2.05) is 0 Å². The molecule has 1 nitrogen and oxygen atoms in total. The first-order valence-electron chi connectivity index (χ1n) is 5.55. The lowest BCUT2D eigenvalue weighted by molar-refractivity contribution is 0.133. The van der Waals surface area contributed by atoms with E-state index < -0.39 is 0 Å². The topological polar surface area (TPSA) is 12.0 Å². The molecule has 72 valence electrons. The minimum absolute atomic E-state index is 0.784. The highest BCUT2D eigenvalue weighted by atomic mass is 15.0. The van der Waals surface area contributed by atoms with Gasteiger partial charge in [-0.1, -0.05) is 33.1 Å². The molecular weight excluding hydrogens is 146 g/mol.